The molecule has 0 radical (unpaired) electrons. The first-order valence-corrected chi connectivity index (χ1v) is 6.25. The van der Waals surface area contributed by atoms with Crippen molar-refractivity contribution in [3.8, 4) is 0 Å². The van der Waals surface area contributed by atoms with Crippen LogP contribution in [0.4, 0.5) is 14.5 Å². The number of halogens is 2. The van der Waals surface area contributed by atoms with Crippen molar-refractivity contribution in [3.63, 3.8) is 0 Å². The minimum atomic E-state index is -0.762. The Kier molecular flexibility index (Phi) is 4.44. The molecule has 1 fully saturated rings. The Morgan fingerprint density at radius 2 is 2.32 bits per heavy atom. The molecule has 19 heavy (non-hydrogen) atoms. The van der Waals surface area contributed by atoms with Crippen LogP contribution in [-0.4, -0.2) is 43.0 Å². The molecular formula is C13H17F2N3O. The largest absolute Gasteiger partial charge is 0.322 e. The van der Waals surface area contributed by atoms with Crippen molar-refractivity contribution in [3.05, 3.63) is 29.8 Å². The Morgan fingerprint density at radius 1 is 1.53 bits per heavy atom. The normalized spacial score (nSPS) is 20.3. The van der Waals surface area contributed by atoms with E-state index in [1.165, 1.54) is 6.07 Å². The number of piperazine rings is 1. The summed E-state index contributed by atoms with van der Waals surface area (Å²) in [4.78, 5) is 13.8. The number of hydrogen-bond acceptors (Lipinski definition) is 3. The van der Waals surface area contributed by atoms with E-state index in [0.717, 1.165) is 31.8 Å². The van der Waals surface area contributed by atoms with Crippen LogP contribution in [-0.2, 0) is 4.79 Å². The second kappa shape index (κ2) is 6.08. The predicted octanol–water partition coefficient (Wildman–Crippen LogP) is 1.20. The van der Waals surface area contributed by atoms with Crippen LogP contribution >= 0.6 is 0 Å². The lowest BCUT2D eigenvalue weighted by Gasteiger charge is -2.31. The van der Waals surface area contributed by atoms with Crippen LogP contribution in [0.1, 0.15) is 6.92 Å². The van der Waals surface area contributed by atoms with Gasteiger partial charge < -0.3 is 10.6 Å². The third kappa shape index (κ3) is 3.97. The summed E-state index contributed by atoms with van der Waals surface area (Å²) in [6.45, 7) is 4.65. The second-order valence-corrected chi connectivity index (χ2v) is 4.76. The van der Waals surface area contributed by atoms with Gasteiger partial charge in [0.05, 0.1) is 12.2 Å². The van der Waals surface area contributed by atoms with Gasteiger partial charge in [0.1, 0.15) is 11.6 Å². The second-order valence-electron chi connectivity index (χ2n) is 4.76. The third-order valence-electron chi connectivity index (χ3n) is 3.03. The van der Waals surface area contributed by atoms with Gasteiger partial charge in [-0.2, -0.15) is 0 Å². The fourth-order valence-corrected chi connectivity index (χ4v) is 2.14. The Hall–Kier alpha value is -1.53. The van der Waals surface area contributed by atoms with Crippen molar-refractivity contribution >= 4 is 11.6 Å². The Morgan fingerprint density at radius 3 is 3.00 bits per heavy atom. The third-order valence-corrected chi connectivity index (χ3v) is 3.03. The van der Waals surface area contributed by atoms with E-state index in [9.17, 15) is 13.6 Å². The number of benzene rings is 1. The van der Waals surface area contributed by atoms with Gasteiger partial charge in [0.2, 0.25) is 5.91 Å². The van der Waals surface area contributed by atoms with Crippen LogP contribution in [0.25, 0.3) is 0 Å². The zero-order valence-corrected chi connectivity index (χ0v) is 10.7. The van der Waals surface area contributed by atoms with Crippen LogP contribution in [0.5, 0.6) is 0 Å². The molecule has 4 nitrogen and oxygen atoms in total. The average molecular weight is 269 g/mol. The van der Waals surface area contributed by atoms with Crippen molar-refractivity contribution in [2.24, 2.45) is 0 Å². The number of nitrogens with zero attached hydrogens (tertiary/aromatic N) is 1. The van der Waals surface area contributed by atoms with E-state index >= 15 is 0 Å². The smallest absolute Gasteiger partial charge is 0.238 e. The van der Waals surface area contributed by atoms with E-state index in [1.807, 2.05) is 11.8 Å². The molecule has 2 rings (SSSR count). The molecular weight excluding hydrogens is 252 g/mol. The van der Waals surface area contributed by atoms with E-state index in [-0.39, 0.29) is 18.1 Å². The summed E-state index contributed by atoms with van der Waals surface area (Å²) in [6, 6.07) is 3.43. The van der Waals surface area contributed by atoms with E-state index < -0.39 is 11.6 Å². The molecule has 1 amide bonds. The van der Waals surface area contributed by atoms with Crippen LogP contribution in [0.2, 0.25) is 0 Å². The van der Waals surface area contributed by atoms with Gasteiger partial charge in [-0.3, -0.25) is 9.69 Å². The van der Waals surface area contributed by atoms with Crippen LogP contribution in [0.15, 0.2) is 18.2 Å². The van der Waals surface area contributed by atoms with E-state index in [1.54, 1.807) is 0 Å². The Labute approximate surface area is 110 Å². The minimum absolute atomic E-state index is 0.00887. The van der Waals surface area contributed by atoms with Gasteiger partial charge in [-0.15, -0.1) is 0 Å². The van der Waals surface area contributed by atoms with Crippen molar-refractivity contribution < 1.29 is 13.6 Å². The summed E-state index contributed by atoms with van der Waals surface area (Å²) < 4.78 is 26.1. The lowest BCUT2D eigenvalue weighted by atomic mass is 10.2. The number of nitrogens with one attached hydrogen (secondary N) is 2. The van der Waals surface area contributed by atoms with E-state index in [0.29, 0.717) is 6.04 Å². The zero-order chi connectivity index (χ0) is 13.8. The standard InChI is InChI=1S/C13H17F2N3O/c1-9-7-18(5-4-16-9)8-13(19)17-12-3-2-10(14)6-11(12)15/h2-3,6,9,16H,4-5,7-8H2,1H3,(H,17,19). The number of carbonyl (C=O) groups excluding carboxylic acids is 1. The summed E-state index contributed by atoms with van der Waals surface area (Å²) in [5.41, 5.74) is 0.00887. The molecule has 1 heterocycles. The molecule has 1 aliphatic heterocycles. The molecule has 0 aliphatic carbocycles. The summed E-state index contributed by atoms with van der Waals surface area (Å²) in [5, 5.41) is 5.73. The fraction of sp³-hybridized carbons (Fsp3) is 0.462. The summed E-state index contributed by atoms with van der Waals surface area (Å²) in [6.07, 6.45) is 0. The van der Waals surface area contributed by atoms with Gasteiger partial charge in [0, 0.05) is 31.7 Å². The molecule has 0 bridgehead atoms. The molecule has 0 spiro atoms. The van der Waals surface area contributed by atoms with Crippen molar-refractivity contribution in [1.29, 1.82) is 0 Å². The van der Waals surface area contributed by atoms with Crippen LogP contribution in [0, 0.1) is 11.6 Å². The molecule has 1 saturated heterocycles. The minimum Gasteiger partial charge on any atom is -0.322 e. The van der Waals surface area contributed by atoms with Crippen LogP contribution in [0.3, 0.4) is 0 Å². The number of carbonyl (C=O) groups is 1. The maximum atomic E-state index is 13.4. The highest BCUT2D eigenvalue weighted by atomic mass is 19.1. The van der Waals surface area contributed by atoms with Gasteiger partial charge in [-0.1, -0.05) is 0 Å². The number of rotatable bonds is 3. The highest BCUT2D eigenvalue weighted by Gasteiger charge is 2.18. The average Bonchev–Trinajstić information content (AvgIpc) is 2.33. The molecule has 2 N–H and O–H groups in total. The number of amides is 1. The lowest BCUT2D eigenvalue weighted by molar-refractivity contribution is -0.117. The highest BCUT2D eigenvalue weighted by molar-refractivity contribution is 5.92. The maximum absolute atomic E-state index is 13.4. The highest BCUT2D eigenvalue weighted by Crippen LogP contribution is 2.14. The fourth-order valence-electron chi connectivity index (χ4n) is 2.14. The first-order valence-electron chi connectivity index (χ1n) is 6.25. The van der Waals surface area contributed by atoms with E-state index in [2.05, 4.69) is 10.6 Å². The van der Waals surface area contributed by atoms with Crippen molar-refractivity contribution in [2.45, 2.75) is 13.0 Å². The van der Waals surface area contributed by atoms with Gasteiger partial charge in [-0.05, 0) is 19.1 Å². The van der Waals surface area contributed by atoms with Gasteiger partial charge in [-0.25, -0.2) is 8.78 Å². The molecule has 1 aromatic carbocycles. The predicted molar refractivity (Wildman–Crippen MR) is 68.9 cm³/mol. The molecule has 1 atom stereocenters. The zero-order valence-electron chi connectivity index (χ0n) is 10.7. The van der Waals surface area contributed by atoms with Crippen LogP contribution < -0.4 is 10.6 Å². The quantitative estimate of drug-likeness (QED) is 0.866. The monoisotopic (exact) mass is 269 g/mol. The Bertz CT molecular complexity index is 467. The molecule has 104 valence electrons. The lowest BCUT2D eigenvalue weighted by Crippen LogP contribution is -2.51. The number of hydrogen-bond donors (Lipinski definition) is 2. The summed E-state index contributed by atoms with van der Waals surface area (Å²) in [5.74, 6) is -1.71. The van der Waals surface area contributed by atoms with Gasteiger partial charge in [0.25, 0.3) is 0 Å². The van der Waals surface area contributed by atoms with Gasteiger partial charge >= 0.3 is 0 Å². The Balaban J connectivity index is 1.90. The van der Waals surface area contributed by atoms with Gasteiger partial charge in [0.15, 0.2) is 0 Å². The molecule has 0 saturated carbocycles. The molecule has 6 heteroatoms. The molecule has 1 aliphatic rings. The SMILES string of the molecule is CC1CN(CC(=O)Nc2ccc(F)cc2F)CCN1. The van der Waals surface area contributed by atoms with E-state index in [4.69, 9.17) is 0 Å². The first-order chi connectivity index (χ1) is 9.04. The first kappa shape index (κ1) is 13.9. The molecule has 1 aromatic rings. The van der Waals surface area contributed by atoms with Crippen molar-refractivity contribution in [2.75, 3.05) is 31.5 Å². The maximum Gasteiger partial charge on any atom is 0.238 e. The summed E-state index contributed by atoms with van der Waals surface area (Å²) in [7, 11) is 0. The topological polar surface area (TPSA) is 44.4 Å². The number of anilines is 1. The molecule has 0 aromatic heterocycles. The van der Waals surface area contributed by atoms with Crippen molar-refractivity contribution in [1.82, 2.24) is 10.2 Å². The summed E-state index contributed by atoms with van der Waals surface area (Å²) >= 11 is 0. The molecule has 1 unspecified atom stereocenters.